The molecule has 0 saturated carbocycles. The predicted octanol–water partition coefficient (Wildman–Crippen LogP) is 2.36. The van der Waals surface area contributed by atoms with Crippen LogP contribution in [0.5, 0.6) is 0 Å². The van der Waals surface area contributed by atoms with Crippen molar-refractivity contribution < 1.29 is 8.42 Å². The molecule has 5 nitrogen and oxygen atoms in total. The van der Waals surface area contributed by atoms with Gasteiger partial charge in [0.25, 0.3) is 0 Å². The number of aromatic nitrogens is 1. The molecule has 112 valence electrons. The van der Waals surface area contributed by atoms with Crippen LogP contribution in [-0.2, 0) is 16.6 Å². The topological polar surface area (TPSA) is 76.3 Å². The van der Waals surface area contributed by atoms with Gasteiger partial charge in [-0.1, -0.05) is 12.2 Å². The summed E-state index contributed by atoms with van der Waals surface area (Å²) in [5, 5.41) is 1.90. The van der Waals surface area contributed by atoms with Crippen LogP contribution in [0.25, 0.3) is 0 Å². The van der Waals surface area contributed by atoms with Crippen LogP contribution in [0.3, 0.4) is 0 Å². The number of nitrogens with two attached hydrogens (primary N) is 1. The molecule has 9 heteroatoms. The maximum Gasteiger partial charge on any atom is 0.245 e. The second-order valence-corrected chi connectivity index (χ2v) is 8.98. The fourth-order valence-corrected chi connectivity index (χ4v) is 4.46. The number of hydrogen-bond donors (Lipinski definition) is 1. The van der Waals surface area contributed by atoms with Crippen molar-refractivity contribution in [2.45, 2.75) is 11.4 Å². The smallest absolute Gasteiger partial charge is 0.245 e. The van der Waals surface area contributed by atoms with Crippen molar-refractivity contribution in [3.8, 4) is 0 Å². The molecule has 0 aliphatic carbocycles. The second kappa shape index (κ2) is 6.49. The summed E-state index contributed by atoms with van der Waals surface area (Å²) in [5.41, 5.74) is 6.57. The Morgan fingerprint density at radius 2 is 2.29 bits per heavy atom. The number of rotatable bonds is 5. The summed E-state index contributed by atoms with van der Waals surface area (Å²) in [4.78, 5) is 3.94. The summed E-state index contributed by atoms with van der Waals surface area (Å²) in [7, 11) is -2.20. The van der Waals surface area contributed by atoms with E-state index in [-0.39, 0.29) is 22.1 Å². The first kappa shape index (κ1) is 16.5. The quantitative estimate of drug-likeness (QED) is 0.772. The standard InChI is InChI=1S/C12H12BrN3O2S3/c1-16(6-8-5-10(13)20-7-8)21(17,18)9-3-2-4-15-11(9)12(14)19/h2-5,7H,6H2,1H3,(H2,14,19). The van der Waals surface area contributed by atoms with Crippen molar-refractivity contribution in [1.29, 1.82) is 0 Å². The molecule has 0 atom stereocenters. The molecule has 21 heavy (non-hydrogen) atoms. The van der Waals surface area contributed by atoms with Crippen LogP contribution in [0.4, 0.5) is 0 Å². The van der Waals surface area contributed by atoms with Crippen molar-refractivity contribution in [3.05, 3.63) is 44.8 Å². The summed E-state index contributed by atoms with van der Waals surface area (Å²) in [6.45, 7) is 0.260. The minimum atomic E-state index is -3.71. The van der Waals surface area contributed by atoms with Gasteiger partial charge >= 0.3 is 0 Å². The zero-order chi connectivity index (χ0) is 15.6. The van der Waals surface area contributed by atoms with E-state index in [0.29, 0.717) is 0 Å². The van der Waals surface area contributed by atoms with Gasteiger partial charge in [-0.05, 0) is 45.1 Å². The SMILES string of the molecule is CN(Cc1csc(Br)c1)S(=O)(=O)c1cccnc1C(N)=S. The van der Waals surface area contributed by atoms with Crippen molar-refractivity contribution in [2.75, 3.05) is 7.05 Å². The first-order valence-corrected chi connectivity index (χ1v) is 9.28. The van der Waals surface area contributed by atoms with E-state index >= 15 is 0 Å². The molecule has 0 fully saturated rings. The van der Waals surface area contributed by atoms with Crippen LogP contribution in [0.15, 0.2) is 38.5 Å². The molecule has 0 spiro atoms. The van der Waals surface area contributed by atoms with Crippen molar-refractivity contribution in [1.82, 2.24) is 9.29 Å². The minimum Gasteiger partial charge on any atom is -0.388 e. The molecule has 0 aromatic carbocycles. The monoisotopic (exact) mass is 405 g/mol. The van der Waals surface area contributed by atoms with Crippen LogP contribution >= 0.6 is 39.5 Å². The van der Waals surface area contributed by atoms with Gasteiger partial charge in [-0.25, -0.2) is 8.42 Å². The van der Waals surface area contributed by atoms with Gasteiger partial charge in [0.15, 0.2) is 0 Å². The van der Waals surface area contributed by atoms with E-state index in [4.69, 9.17) is 18.0 Å². The number of hydrogen-bond acceptors (Lipinski definition) is 5. The van der Waals surface area contributed by atoms with Gasteiger partial charge in [0.05, 0.1) is 3.79 Å². The predicted molar refractivity (Wildman–Crippen MR) is 90.8 cm³/mol. The first-order valence-electron chi connectivity index (χ1n) is 5.76. The Morgan fingerprint density at radius 3 is 2.86 bits per heavy atom. The number of nitrogens with zero attached hydrogens (tertiary/aromatic N) is 2. The molecule has 2 heterocycles. The molecule has 0 radical (unpaired) electrons. The Morgan fingerprint density at radius 1 is 1.57 bits per heavy atom. The van der Waals surface area contributed by atoms with Gasteiger partial charge in [-0.2, -0.15) is 4.31 Å². The van der Waals surface area contributed by atoms with Crippen molar-refractivity contribution in [3.63, 3.8) is 0 Å². The Balaban J connectivity index is 2.35. The van der Waals surface area contributed by atoms with E-state index < -0.39 is 10.0 Å². The van der Waals surface area contributed by atoms with Crippen molar-refractivity contribution in [2.24, 2.45) is 5.73 Å². The molecule has 2 N–H and O–H groups in total. The largest absolute Gasteiger partial charge is 0.388 e. The van der Waals surface area contributed by atoms with Gasteiger partial charge in [-0.3, -0.25) is 4.98 Å². The normalized spacial score (nSPS) is 11.8. The molecular weight excluding hydrogens is 394 g/mol. The number of halogens is 1. The van der Waals surface area contributed by atoms with E-state index in [1.807, 2.05) is 11.4 Å². The molecule has 2 rings (SSSR count). The van der Waals surface area contributed by atoms with Crippen LogP contribution < -0.4 is 5.73 Å². The minimum absolute atomic E-state index is 0.0225. The molecule has 0 bridgehead atoms. The van der Waals surface area contributed by atoms with Gasteiger partial charge in [0, 0.05) is 19.8 Å². The van der Waals surface area contributed by atoms with Gasteiger partial charge in [0.2, 0.25) is 10.0 Å². The highest BCUT2D eigenvalue weighted by atomic mass is 79.9. The molecule has 0 aliphatic rings. The maximum atomic E-state index is 12.6. The molecule has 0 aliphatic heterocycles. The van der Waals surface area contributed by atoms with Gasteiger partial charge in [-0.15, -0.1) is 11.3 Å². The van der Waals surface area contributed by atoms with E-state index in [9.17, 15) is 8.42 Å². The lowest BCUT2D eigenvalue weighted by atomic mass is 10.3. The second-order valence-electron chi connectivity index (χ2n) is 4.23. The molecule has 0 unspecified atom stereocenters. The van der Waals surface area contributed by atoms with E-state index in [1.54, 1.807) is 6.07 Å². The molecule has 2 aromatic rings. The number of sulfonamides is 1. The van der Waals surface area contributed by atoms with Gasteiger partial charge in [0.1, 0.15) is 15.6 Å². The zero-order valence-electron chi connectivity index (χ0n) is 11.0. The Hall–Kier alpha value is -0.870. The molecule has 0 amide bonds. The average Bonchev–Trinajstić information content (AvgIpc) is 2.84. The van der Waals surface area contributed by atoms with Crippen molar-refractivity contribution >= 4 is 54.5 Å². The van der Waals surface area contributed by atoms with Gasteiger partial charge < -0.3 is 5.73 Å². The molecular formula is C12H12BrN3O2S3. The van der Waals surface area contributed by atoms with E-state index in [2.05, 4.69) is 20.9 Å². The van der Waals surface area contributed by atoms with Crippen LogP contribution in [0, 0.1) is 0 Å². The summed E-state index contributed by atoms with van der Waals surface area (Å²) in [6.07, 6.45) is 1.46. The highest BCUT2D eigenvalue weighted by Crippen LogP contribution is 2.24. The van der Waals surface area contributed by atoms with Crippen LogP contribution in [0.1, 0.15) is 11.3 Å². The highest BCUT2D eigenvalue weighted by Gasteiger charge is 2.25. The number of thiocarbonyl (C=S) groups is 1. The third-order valence-corrected chi connectivity index (χ3v) is 6.30. The molecule has 0 saturated heterocycles. The average molecular weight is 406 g/mol. The summed E-state index contributed by atoms with van der Waals surface area (Å²) in [6, 6.07) is 4.88. The third kappa shape index (κ3) is 3.67. The first-order chi connectivity index (χ1) is 9.82. The maximum absolute atomic E-state index is 12.6. The Kier molecular flexibility index (Phi) is 5.10. The summed E-state index contributed by atoms with van der Waals surface area (Å²) < 4.78 is 27.5. The zero-order valence-corrected chi connectivity index (χ0v) is 15.0. The third-order valence-electron chi connectivity index (χ3n) is 2.72. The summed E-state index contributed by atoms with van der Waals surface area (Å²) >= 11 is 9.72. The number of pyridine rings is 1. The Bertz CT molecular complexity index is 774. The Labute approximate surface area is 141 Å². The summed E-state index contributed by atoms with van der Waals surface area (Å²) in [5.74, 6) is 0. The lowest BCUT2D eigenvalue weighted by Gasteiger charge is -2.18. The fourth-order valence-electron chi connectivity index (χ4n) is 1.72. The molecule has 2 aromatic heterocycles. The highest BCUT2D eigenvalue weighted by molar-refractivity contribution is 9.11. The fraction of sp³-hybridized carbons (Fsp3) is 0.167. The lowest BCUT2D eigenvalue weighted by Crippen LogP contribution is -2.29. The van der Waals surface area contributed by atoms with E-state index in [0.717, 1.165) is 9.35 Å². The number of thiophene rings is 1. The van der Waals surface area contributed by atoms with E-state index in [1.165, 1.54) is 35.0 Å². The van der Waals surface area contributed by atoms with Crippen LogP contribution in [-0.4, -0.2) is 29.7 Å². The lowest BCUT2D eigenvalue weighted by molar-refractivity contribution is 0.467. The van der Waals surface area contributed by atoms with Crippen LogP contribution in [0.2, 0.25) is 0 Å².